The lowest BCUT2D eigenvalue weighted by atomic mass is 9.99. The SMILES string of the molecule is CCCCC(CC)CNC(=NCc1ccccn1)NCC(=O)N(C)C. The van der Waals surface area contributed by atoms with Gasteiger partial charge in [0.05, 0.1) is 18.8 Å². The van der Waals surface area contributed by atoms with Gasteiger partial charge in [0.15, 0.2) is 5.96 Å². The summed E-state index contributed by atoms with van der Waals surface area (Å²) in [4.78, 5) is 22.3. The predicted molar refractivity (Wildman–Crippen MR) is 103 cm³/mol. The van der Waals surface area contributed by atoms with E-state index in [1.807, 2.05) is 18.2 Å². The Labute approximate surface area is 152 Å². The van der Waals surface area contributed by atoms with Crippen molar-refractivity contribution in [3.05, 3.63) is 30.1 Å². The van der Waals surface area contributed by atoms with E-state index in [1.54, 1.807) is 25.2 Å². The minimum atomic E-state index is 0.0189. The number of carbonyl (C=O) groups is 1. The summed E-state index contributed by atoms with van der Waals surface area (Å²) in [5.41, 5.74) is 0.903. The molecule has 1 atom stereocenters. The number of carbonyl (C=O) groups excluding carboxylic acids is 1. The monoisotopic (exact) mass is 347 g/mol. The summed E-state index contributed by atoms with van der Waals surface area (Å²) in [5.74, 6) is 1.30. The second-order valence-electron chi connectivity index (χ2n) is 6.43. The normalized spacial score (nSPS) is 12.6. The molecule has 1 aromatic heterocycles. The minimum absolute atomic E-state index is 0.0189. The number of unbranched alkanes of at least 4 members (excludes halogenated alkanes) is 1. The lowest BCUT2D eigenvalue weighted by molar-refractivity contribution is -0.127. The van der Waals surface area contributed by atoms with Crippen LogP contribution in [-0.4, -0.2) is 48.9 Å². The van der Waals surface area contributed by atoms with Crippen LogP contribution in [0.1, 0.15) is 45.2 Å². The maximum Gasteiger partial charge on any atom is 0.241 e. The summed E-state index contributed by atoms with van der Waals surface area (Å²) in [5, 5.41) is 6.51. The van der Waals surface area contributed by atoms with Crippen molar-refractivity contribution in [3.63, 3.8) is 0 Å². The molecule has 6 nitrogen and oxygen atoms in total. The van der Waals surface area contributed by atoms with Crippen molar-refractivity contribution < 1.29 is 4.79 Å². The topological polar surface area (TPSA) is 69.6 Å². The molecule has 25 heavy (non-hydrogen) atoms. The fourth-order valence-corrected chi connectivity index (χ4v) is 2.33. The molecule has 0 saturated heterocycles. The number of guanidine groups is 1. The first-order valence-corrected chi connectivity index (χ1v) is 9.19. The fraction of sp³-hybridized carbons (Fsp3) is 0.632. The highest BCUT2D eigenvalue weighted by Crippen LogP contribution is 2.11. The van der Waals surface area contributed by atoms with Crippen LogP contribution in [-0.2, 0) is 11.3 Å². The average Bonchev–Trinajstić information content (AvgIpc) is 2.63. The molecule has 1 amide bonds. The smallest absolute Gasteiger partial charge is 0.241 e. The lowest BCUT2D eigenvalue weighted by Crippen LogP contribution is -2.44. The summed E-state index contributed by atoms with van der Waals surface area (Å²) in [6, 6.07) is 5.79. The van der Waals surface area contributed by atoms with Crippen molar-refractivity contribution in [2.75, 3.05) is 27.2 Å². The molecule has 0 aromatic carbocycles. The van der Waals surface area contributed by atoms with Gasteiger partial charge in [-0.2, -0.15) is 0 Å². The molecule has 0 fully saturated rings. The third-order valence-corrected chi connectivity index (χ3v) is 4.13. The van der Waals surface area contributed by atoms with Crippen LogP contribution >= 0.6 is 0 Å². The maximum absolute atomic E-state index is 11.8. The molecule has 0 spiro atoms. The van der Waals surface area contributed by atoms with Crippen LogP contribution in [0.4, 0.5) is 0 Å². The number of hydrogen-bond donors (Lipinski definition) is 2. The number of hydrogen-bond acceptors (Lipinski definition) is 3. The van der Waals surface area contributed by atoms with Crippen LogP contribution < -0.4 is 10.6 Å². The van der Waals surface area contributed by atoms with E-state index in [4.69, 9.17) is 0 Å². The Kier molecular flexibility index (Phi) is 10.3. The van der Waals surface area contributed by atoms with Crippen molar-refractivity contribution in [1.82, 2.24) is 20.5 Å². The zero-order valence-electron chi connectivity index (χ0n) is 16.1. The van der Waals surface area contributed by atoms with Gasteiger partial charge in [0, 0.05) is 26.8 Å². The molecule has 1 heterocycles. The number of amides is 1. The third kappa shape index (κ3) is 9.08. The highest BCUT2D eigenvalue weighted by molar-refractivity contribution is 5.86. The second-order valence-corrected chi connectivity index (χ2v) is 6.43. The lowest BCUT2D eigenvalue weighted by Gasteiger charge is -2.19. The zero-order valence-corrected chi connectivity index (χ0v) is 16.1. The van der Waals surface area contributed by atoms with Crippen LogP contribution in [0.5, 0.6) is 0 Å². The Balaban J connectivity index is 2.64. The Morgan fingerprint density at radius 1 is 1.28 bits per heavy atom. The quantitative estimate of drug-likeness (QED) is 0.504. The van der Waals surface area contributed by atoms with Crippen LogP contribution in [0.25, 0.3) is 0 Å². The Morgan fingerprint density at radius 3 is 2.68 bits per heavy atom. The van der Waals surface area contributed by atoms with E-state index in [-0.39, 0.29) is 12.5 Å². The van der Waals surface area contributed by atoms with Crippen molar-refractivity contribution in [1.29, 1.82) is 0 Å². The number of aliphatic imine (C=N–C) groups is 1. The highest BCUT2D eigenvalue weighted by atomic mass is 16.2. The molecule has 0 saturated carbocycles. The number of pyridine rings is 1. The average molecular weight is 348 g/mol. The summed E-state index contributed by atoms with van der Waals surface area (Å²) in [7, 11) is 3.50. The molecule has 0 aliphatic heterocycles. The third-order valence-electron chi connectivity index (χ3n) is 4.13. The summed E-state index contributed by atoms with van der Waals surface area (Å²) in [6.07, 6.45) is 6.57. The van der Waals surface area contributed by atoms with Gasteiger partial charge in [-0.1, -0.05) is 39.2 Å². The van der Waals surface area contributed by atoms with E-state index in [1.165, 1.54) is 19.3 Å². The Morgan fingerprint density at radius 2 is 2.08 bits per heavy atom. The van der Waals surface area contributed by atoms with Gasteiger partial charge in [-0.25, -0.2) is 4.99 Å². The Hall–Kier alpha value is -2.11. The minimum Gasteiger partial charge on any atom is -0.356 e. The molecule has 0 aliphatic carbocycles. The van der Waals surface area contributed by atoms with Crippen molar-refractivity contribution in [2.45, 2.75) is 46.1 Å². The molecule has 0 radical (unpaired) electrons. The van der Waals surface area contributed by atoms with Crippen LogP contribution in [0.15, 0.2) is 29.4 Å². The van der Waals surface area contributed by atoms with Crippen LogP contribution in [0.2, 0.25) is 0 Å². The first kappa shape index (κ1) is 20.9. The molecule has 1 aromatic rings. The molecule has 0 aliphatic rings. The van der Waals surface area contributed by atoms with Crippen LogP contribution in [0.3, 0.4) is 0 Å². The second kappa shape index (κ2) is 12.3. The molecule has 2 N–H and O–H groups in total. The van der Waals surface area contributed by atoms with Gasteiger partial charge in [-0.05, 0) is 24.5 Å². The molecule has 0 bridgehead atoms. The van der Waals surface area contributed by atoms with Gasteiger partial charge in [-0.3, -0.25) is 9.78 Å². The molecular weight excluding hydrogens is 314 g/mol. The number of likely N-dealkylation sites (N-methyl/N-ethyl adjacent to an activating group) is 1. The zero-order chi connectivity index (χ0) is 18.5. The van der Waals surface area contributed by atoms with Gasteiger partial charge in [0.1, 0.15) is 0 Å². The van der Waals surface area contributed by atoms with E-state index in [9.17, 15) is 4.79 Å². The summed E-state index contributed by atoms with van der Waals surface area (Å²) in [6.45, 7) is 6.01. The van der Waals surface area contributed by atoms with E-state index in [0.717, 1.165) is 18.7 Å². The van der Waals surface area contributed by atoms with Crippen LogP contribution in [0, 0.1) is 5.92 Å². The molecule has 1 rings (SSSR count). The van der Waals surface area contributed by atoms with E-state index < -0.39 is 0 Å². The van der Waals surface area contributed by atoms with E-state index in [0.29, 0.717) is 18.4 Å². The van der Waals surface area contributed by atoms with E-state index in [2.05, 4.69) is 34.5 Å². The molecule has 6 heteroatoms. The predicted octanol–water partition coefficient (Wildman–Crippen LogP) is 2.42. The standard InChI is InChI=1S/C19H33N5O/c1-5-7-10-16(6-2)13-21-19(23-15-18(25)24(3)4)22-14-17-11-8-9-12-20-17/h8-9,11-12,16H,5-7,10,13-15H2,1-4H3,(H2,21,22,23). The summed E-state index contributed by atoms with van der Waals surface area (Å²) < 4.78 is 0. The molecule has 1 unspecified atom stereocenters. The van der Waals surface area contributed by atoms with Gasteiger partial charge in [0.2, 0.25) is 5.91 Å². The number of aromatic nitrogens is 1. The van der Waals surface area contributed by atoms with Gasteiger partial charge >= 0.3 is 0 Å². The first-order valence-electron chi connectivity index (χ1n) is 9.19. The maximum atomic E-state index is 11.8. The van der Waals surface area contributed by atoms with Crippen molar-refractivity contribution in [3.8, 4) is 0 Å². The number of nitrogens with one attached hydrogen (secondary N) is 2. The van der Waals surface area contributed by atoms with E-state index >= 15 is 0 Å². The molecule has 140 valence electrons. The first-order chi connectivity index (χ1) is 12.1. The van der Waals surface area contributed by atoms with Crippen molar-refractivity contribution in [2.24, 2.45) is 10.9 Å². The van der Waals surface area contributed by atoms with Gasteiger partial charge in [-0.15, -0.1) is 0 Å². The van der Waals surface area contributed by atoms with Gasteiger partial charge in [0.25, 0.3) is 0 Å². The Bertz CT molecular complexity index is 516. The highest BCUT2D eigenvalue weighted by Gasteiger charge is 2.09. The largest absolute Gasteiger partial charge is 0.356 e. The fourth-order valence-electron chi connectivity index (χ4n) is 2.33. The molecular formula is C19H33N5O. The number of rotatable bonds is 10. The number of nitrogens with zero attached hydrogens (tertiary/aromatic N) is 3. The summed E-state index contributed by atoms with van der Waals surface area (Å²) >= 11 is 0. The van der Waals surface area contributed by atoms with Gasteiger partial charge < -0.3 is 15.5 Å². The van der Waals surface area contributed by atoms with Crippen molar-refractivity contribution >= 4 is 11.9 Å².